The van der Waals surface area contributed by atoms with Crippen molar-refractivity contribution in [3.63, 3.8) is 0 Å². The molecule has 0 N–H and O–H groups in total. The van der Waals surface area contributed by atoms with Gasteiger partial charge < -0.3 is 9.47 Å². The minimum Gasteiger partial charge on any atom is -0.351 e. The van der Waals surface area contributed by atoms with Crippen molar-refractivity contribution in [1.29, 1.82) is 0 Å². The summed E-state index contributed by atoms with van der Waals surface area (Å²) in [6.45, 7) is 1.66. The summed E-state index contributed by atoms with van der Waals surface area (Å²) < 4.78 is 10.7. The van der Waals surface area contributed by atoms with Gasteiger partial charge in [0.2, 0.25) is 0 Å². The molecule has 15 heavy (non-hydrogen) atoms. The first kappa shape index (κ1) is 11.0. The van der Waals surface area contributed by atoms with Crippen molar-refractivity contribution in [3.8, 4) is 0 Å². The maximum Gasteiger partial charge on any atom is 0.193 e. The Bertz CT molecular complexity index is 232. The first-order chi connectivity index (χ1) is 7.19. The fourth-order valence-electron chi connectivity index (χ4n) is 2.46. The molecule has 0 amide bonds. The summed E-state index contributed by atoms with van der Waals surface area (Å²) in [5.74, 6) is 0.0260. The van der Waals surface area contributed by atoms with Crippen molar-refractivity contribution in [1.82, 2.24) is 4.90 Å². The fourth-order valence-corrected chi connectivity index (χ4v) is 2.46. The second-order valence-electron chi connectivity index (χ2n) is 4.49. The van der Waals surface area contributed by atoms with Crippen LogP contribution in [0.4, 0.5) is 0 Å². The van der Waals surface area contributed by atoms with Gasteiger partial charge in [-0.3, -0.25) is 9.69 Å². The van der Waals surface area contributed by atoms with E-state index in [2.05, 4.69) is 4.90 Å². The molecule has 0 aromatic rings. The van der Waals surface area contributed by atoms with E-state index in [-0.39, 0.29) is 5.79 Å². The third kappa shape index (κ3) is 2.07. The average molecular weight is 213 g/mol. The summed E-state index contributed by atoms with van der Waals surface area (Å²) in [4.78, 5) is 13.5. The number of likely N-dealkylation sites (tertiary alicyclic amines) is 1. The normalized spacial score (nSPS) is 27.7. The Labute approximate surface area is 90.5 Å². The standard InChI is InChI=1S/C11H19NO3/c1-14-11(15-2)7-12(8-11)9-3-5-10(13)6-4-9/h9H,3-8H2,1-2H3. The first-order valence-electron chi connectivity index (χ1n) is 5.55. The minimum absolute atomic E-state index is 0.387. The molecule has 4 heteroatoms. The topological polar surface area (TPSA) is 38.8 Å². The van der Waals surface area contributed by atoms with Gasteiger partial charge in [-0.2, -0.15) is 0 Å². The van der Waals surface area contributed by atoms with Gasteiger partial charge in [0.25, 0.3) is 0 Å². The highest BCUT2D eigenvalue weighted by atomic mass is 16.7. The quantitative estimate of drug-likeness (QED) is 0.650. The van der Waals surface area contributed by atoms with E-state index in [0.717, 1.165) is 38.8 Å². The summed E-state index contributed by atoms with van der Waals surface area (Å²) in [6.07, 6.45) is 3.49. The number of hydrogen-bond donors (Lipinski definition) is 0. The van der Waals surface area contributed by atoms with Crippen LogP contribution in [0.25, 0.3) is 0 Å². The molecule has 0 aromatic heterocycles. The predicted octanol–water partition coefficient (Wildman–Crippen LogP) is 0.803. The largest absolute Gasteiger partial charge is 0.351 e. The molecule has 1 aliphatic heterocycles. The lowest BCUT2D eigenvalue weighted by Gasteiger charge is -2.51. The molecular weight excluding hydrogens is 194 g/mol. The summed E-state index contributed by atoms with van der Waals surface area (Å²) >= 11 is 0. The van der Waals surface area contributed by atoms with Gasteiger partial charge in [0.05, 0.1) is 13.1 Å². The van der Waals surface area contributed by atoms with Gasteiger partial charge in [-0.05, 0) is 12.8 Å². The number of Topliss-reactive ketones (excluding diaryl/α,β-unsaturated/α-hetero) is 1. The van der Waals surface area contributed by atoms with Gasteiger partial charge in [0.15, 0.2) is 5.79 Å². The number of rotatable bonds is 3. The van der Waals surface area contributed by atoms with Gasteiger partial charge in [-0.1, -0.05) is 0 Å². The van der Waals surface area contributed by atoms with Crippen molar-refractivity contribution in [2.24, 2.45) is 0 Å². The van der Waals surface area contributed by atoms with Gasteiger partial charge in [0.1, 0.15) is 5.78 Å². The molecule has 1 aliphatic carbocycles. The molecular formula is C11H19NO3. The van der Waals surface area contributed by atoms with Crippen LogP contribution in [0.2, 0.25) is 0 Å². The lowest BCUT2D eigenvalue weighted by molar-refractivity contribution is -0.283. The molecule has 0 radical (unpaired) electrons. The molecule has 0 unspecified atom stereocenters. The number of ether oxygens (including phenoxy) is 2. The number of nitrogens with zero attached hydrogens (tertiary/aromatic N) is 1. The highest BCUT2D eigenvalue weighted by Crippen LogP contribution is 2.31. The van der Waals surface area contributed by atoms with Crippen LogP contribution in [0.3, 0.4) is 0 Å². The highest BCUT2D eigenvalue weighted by Gasteiger charge is 2.46. The molecule has 2 aliphatic rings. The van der Waals surface area contributed by atoms with Crippen LogP contribution in [0, 0.1) is 0 Å². The van der Waals surface area contributed by atoms with Crippen LogP contribution in [0.15, 0.2) is 0 Å². The molecule has 2 fully saturated rings. The Morgan fingerprint density at radius 3 is 2.20 bits per heavy atom. The van der Waals surface area contributed by atoms with E-state index < -0.39 is 0 Å². The Balaban J connectivity index is 1.81. The summed E-state index contributed by atoms with van der Waals surface area (Å²) in [5, 5.41) is 0. The molecule has 86 valence electrons. The van der Waals surface area contributed by atoms with Gasteiger partial charge in [0, 0.05) is 33.1 Å². The van der Waals surface area contributed by atoms with E-state index in [1.54, 1.807) is 14.2 Å². The van der Waals surface area contributed by atoms with E-state index in [1.807, 2.05) is 0 Å². The summed E-state index contributed by atoms with van der Waals surface area (Å²) in [5.41, 5.74) is 0. The second-order valence-corrected chi connectivity index (χ2v) is 4.49. The number of methoxy groups -OCH3 is 2. The second kappa shape index (κ2) is 4.20. The van der Waals surface area contributed by atoms with Crippen molar-refractivity contribution in [3.05, 3.63) is 0 Å². The van der Waals surface area contributed by atoms with Gasteiger partial charge >= 0.3 is 0 Å². The summed E-state index contributed by atoms with van der Waals surface area (Å²) in [6, 6.07) is 0.557. The van der Waals surface area contributed by atoms with Gasteiger partial charge in [-0.15, -0.1) is 0 Å². The van der Waals surface area contributed by atoms with Crippen LogP contribution in [-0.2, 0) is 14.3 Å². The lowest BCUT2D eigenvalue weighted by atomic mass is 9.90. The number of carbonyl (C=O) groups is 1. The Hall–Kier alpha value is -0.450. The first-order valence-corrected chi connectivity index (χ1v) is 5.55. The van der Waals surface area contributed by atoms with E-state index in [4.69, 9.17) is 9.47 Å². The molecule has 0 bridgehead atoms. The maximum atomic E-state index is 11.1. The Kier molecular flexibility index (Phi) is 3.09. The van der Waals surface area contributed by atoms with E-state index in [1.165, 1.54) is 0 Å². The monoisotopic (exact) mass is 213 g/mol. The predicted molar refractivity (Wildman–Crippen MR) is 55.6 cm³/mol. The highest BCUT2D eigenvalue weighted by molar-refractivity contribution is 5.79. The molecule has 1 saturated heterocycles. The maximum absolute atomic E-state index is 11.1. The van der Waals surface area contributed by atoms with Crippen molar-refractivity contribution in [2.45, 2.75) is 37.5 Å². The molecule has 2 rings (SSSR count). The third-order valence-corrected chi connectivity index (χ3v) is 3.66. The molecule has 1 saturated carbocycles. The molecule has 1 heterocycles. The van der Waals surface area contributed by atoms with Crippen LogP contribution >= 0.6 is 0 Å². The van der Waals surface area contributed by atoms with E-state index in [0.29, 0.717) is 11.8 Å². The van der Waals surface area contributed by atoms with Gasteiger partial charge in [-0.25, -0.2) is 0 Å². The minimum atomic E-state index is -0.387. The summed E-state index contributed by atoms with van der Waals surface area (Å²) in [7, 11) is 3.37. The molecule has 0 aromatic carbocycles. The number of hydrogen-bond acceptors (Lipinski definition) is 4. The van der Waals surface area contributed by atoms with Crippen molar-refractivity contribution in [2.75, 3.05) is 27.3 Å². The van der Waals surface area contributed by atoms with Crippen molar-refractivity contribution >= 4 is 5.78 Å². The third-order valence-electron chi connectivity index (χ3n) is 3.66. The smallest absolute Gasteiger partial charge is 0.193 e. The Morgan fingerprint density at radius 2 is 1.73 bits per heavy atom. The van der Waals surface area contributed by atoms with E-state index in [9.17, 15) is 4.79 Å². The van der Waals surface area contributed by atoms with Crippen molar-refractivity contribution < 1.29 is 14.3 Å². The average Bonchev–Trinajstić information content (AvgIpc) is 2.20. The lowest BCUT2D eigenvalue weighted by Crippen LogP contribution is -2.66. The zero-order chi connectivity index (χ0) is 10.9. The molecule has 4 nitrogen and oxygen atoms in total. The molecule has 0 spiro atoms. The van der Waals surface area contributed by atoms with E-state index >= 15 is 0 Å². The zero-order valence-corrected chi connectivity index (χ0v) is 9.49. The van der Waals surface area contributed by atoms with Crippen LogP contribution in [-0.4, -0.2) is 49.8 Å². The molecule has 0 atom stereocenters. The van der Waals surface area contributed by atoms with Crippen LogP contribution in [0.5, 0.6) is 0 Å². The Morgan fingerprint density at radius 1 is 1.20 bits per heavy atom. The SMILES string of the molecule is COC1(OC)CN(C2CCC(=O)CC2)C1. The number of ketones is 1. The zero-order valence-electron chi connectivity index (χ0n) is 9.49. The van der Waals surface area contributed by atoms with Crippen LogP contribution < -0.4 is 0 Å². The number of carbonyl (C=O) groups excluding carboxylic acids is 1. The fraction of sp³-hybridized carbons (Fsp3) is 0.909. The van der Waals surface area contributed by atoms with Crippen LogP contribution in [0.1, 0.15) is 25.7 Å².